The topological polar surface area (TPSA) is 68.2 Å². The van der Waals surface area contributed by atoms with Crippen LogP contribution in [-0.4, -0.2) is 34.5 Å². The number of hydrogen-bond donors (Lipinski definition) is 2. The molecule has 2 aromatic heterocycles. The number of thiocarbonyl (C=S) groups is 1. The summed E-state index contributed by atoms with van der Waals surface area (Å²) in [6.45, 7) is 2.31. The van der Waals surface area contributed by atoms with Crippen molar-refractivity contribution in [3.63, 3.8) is 0 Å². The average molecular weight is 570 g/mol. The summed E-state index contributed by atoms with van der Waals surface area (Å²) in [6.07, 6.45) is -4.00. The summed E-state index contributed by atoms with van der Waals surface area (Å²) in [4.78, 5) is 12.1. The quantitative estimate of drug-likeness (QED) is 0.216. The first-order valence-electron chi connectivity index (χ1n) is 9.18. The highest BCUT2D eigenvalue weighted by atomic mass is 79.9. The molecule has 32 heavy (non-hydrogen) atoms. The van der Waals surface area contributed by atoms with Crippen molar-refractivity contribution in [2.45, 2.75) is 26.1 Å². The van der Waals surface area contributed by atoms with E-state index < -0.39 is 17.8 Å². The zero-order valence-corrected chi connectivity index (χ0v) is 20.7. The van der Waals surface area contributed by atoms with Crippen molar-refractivity contribution >= 4 is 77.9 Å². The van der Waals surface area contributed by atoms with Crippen LogP contribution in [0.15, 0.2) is 22.7 Å². The average Bonchev–Trinajstić information content (AvgIpc) is 3.21. The summed E-state index contributed by atoms with van der Waals surface area (Å²) >= 11 is 15.7. The molecule has 0 aliphatic carbocycles. The Kier molecular flexibility index (Phi) is 7.69. The van der Waals surface area contributed by atoms with Crippen molar-refractivity contribution in [1.29, 1.82) is 0 Å². The maximum atomic E-state index is 12.9. The highest BCUT2D eigenvalue weighted by molar-refractivity contribution is 9.10. The highest BCUT2D eigenvalue weighted by Crippen LogP contribution is 2.37. The van der Waals surface area contributed by atoms with Gasteiger partial charge in [-0.25, -0.2) is 4.79 Å². The molecule has 3 rings (SSSR count). The van der Waals surface area contributed by atoms with Crippen LogP contribution in [0.5, 0.6) is 0 Å². The van der Waals surface area contributed by atoms with E-state index in [-0.39, 0.29) is 4.47 Å². The molecule has 3 aromatic rings. The normalized spacial score (nSPS) is 11.6. The SMILES string of the molecule is COC(=O)c1sc2cc(NC(=S)NCCCn3nc(C(F)(F)F)c(Br)c3C)ccc2c1Cl. The molecule has 0 atom stereocenters. The van der Waals surface area contributed by atoms with E-state index in [1.165, 1.54) is 23.1 Å². The molecule has 6 nitrogen and oxygen atoms in total. The molecule has 0 aliphatic rings. The van der Waals surface area contributed by atoms with Crippen molar-refractivity contribution in [3.05, 3.63) is 44.0 Å². The monoisotopic (exact) mass is 568 g/mol. The molecule has 0 saturated carbocycles. The Morgan fingerprint density at radius 2 is 2.12 bits per heavy atom. The molecule has 2 heterocycles. The lowest BCUT2D eigenvalue weighted by atomic mass is 10.2. The number of nitrogens with one attached hydrogen (secondary N) is 2. The van der Waals surface area contributed by atoms with Gasteiger partial charge in [0.1, 0.15) is 4.88 Å². The third-order valence-electron chi connectivity index (χ3n) is 4.49. The van der Waals surface area contributed by atoms with Crippen LogP contribution in [0.3, 0.4) is 0 Å². The Morgan fingerprint density at radius 1 is 1.41 bits per heavy atom. The number of fused-ring (bicyclic) bond motifs is 1. The van der Waals surface area contributed by atoms with Crippen LogP contribution in [0.2, 0.25) is 5.02 Å². The second-order valence-corrected chi connectivity index (χ2v) is 9.28. The molecule has 0 radical (unpaired) electrons. The van der Waals surface area contributed by atoms with Gasteiger partial charge >= 0.3 is 12.1 Å². The van der Waals surface area contributed by atoms with Gasteiger partial charge in [-0.2, -0.15) is 18.3 Å². The number of carbonyl (C=O) groups excluding carboxylic acids is 1. The van der Waals surface area contributed by atoms with Crippen molar-refractivity contribution in [1.82, 2.24) is 15.1 Å². The molecule has 13 heteroatoms. The molecular formula is C19H17BrClF3N4O2S2. The van der Waals surface area contributed by atoms with E-state index in [0.717, 1.165) is 10.1 Å². The molecule has 0 amide bonds. The van der Waals surface area contributed by atoms with Crippen molar-refractivity contribution in [3.8, 4) is 0 Å². The largest absolute Gasteiger partial charge is 0.465 e. The molecule has 0 unspecified atom stereocenters. The van der Waals surface area contributed by atoms with Crippen LogP contribution in [0.4, 0.5) is 18.9 Å². The number of nitrogens with zero attached hydrogens (tertiary/aromatic N) is 2. The molecule has 2 N–H and O–H groups in total. The molecule has 1 aromatic carbocycles. The number of aromatic nitrogens is 2. The fourth-order valence-corrected chi connectivity index (χ4v) is 5.09. The van der Waals surface area contributed by atoms with Crippen LogP contribution < -0.4 is 10.6 Å². The van der Waals surface area contributed by atoms with Gasteiger partial charge in [0, 0.05) is 28.9 Å². The van der Waals surface area contributed by atoms with E-state index in [9.17, 15) is 18.0 Å². The number of aryl methyl sites for hydroxylation is 1. The second kappa shape index (κ2) is 9.94. The summed E-state index contributed by atoms with van der Waals surface area (Å²) < 4.78 is 45.6. The third kappa shape index (κ3) is 5.36. The molecule has 0 spiro atoms. The van der Waals surface area contributed by atoms with E-state index >= 15 is 0 Å². The highest BCUT2D eigenvalue weighted by Gasteiger charge is 2.37. The van der Waals surface area contributed by atoms with E-state index in [1.54, 1.807) is 19.1 Å². The first kappa shape index (κ1) is 24.7. The minimum absolute atomic E-state index is 0.0467. The van der Waals surface area contributed by atoms with Gasteiger partial charge < -0.3 is 15.4 Å². The lowest BCUT2D eigenvalue weighted by molar-refractivity contribution is -0.142. The van der Waals surface area contributed by atoms with Gasteiger partial charge in [-0.3, -0.25) is 4.68 Å². The van der Waals surface area contributed by atoms with Gasteiger partial charge in [0.2, 0.25) is 0 Å². The number of rotatable bonds is 6. The van der Waals surface area contributed by atoms with Gasteiger partial charge in [0.15, 0.2) is 10.8 Å². The van der Waals surface area contributed by atoms with Gasteiger partial charge in [-0.15, -0.1) is 11.3 Å². The predicted molar refractivity (Wildman–Crippen MR) is 127 cm³/mol. The number of hydrogen-bond acceptors (Lipinski definition) is 5. The number of methoxy groups -OCH3 is 1. The van der Waals surface area contributed by atoms with Crippen molar-refractivity contribution in [2.24, 2.45) is 0 Å². The molecule has 0 bridgehead atoms. The fraction of sp³-hybridized carbons (Fsp3) is 0.316. The zero-order valence-electron chi connectivity index (χ0n) is 16.8. The fourth-order valence-electron chi connectivity index (χ4n) is 2.90. The smallest absolute Gasteiger partial charge is 0.436 e. The lowest BCUT2D eigenvalue weighted by Gasteiger charge is -2.11. The molecule has 0 saturated heterocycles. The lowest BCUT2D eigenvalue weighted by Crippen LogP contribution is -2.29. The van der Waals surface area contributed by atoms with Crippen LogP contribution >= 0.6 is 51.1 Å². The van der Waals surface area contributed by atoms with E-state index in [4.69, 9.17) is 28.6 Å². The van der Waals surface area contributed by atoms with Gasteiger partial charge in [-0.05, 0) is 59.7 Å². The Hall–Kier alpha value is -1.89. The number of benzene rings is 1. The summed E-state index contributed by atoms with van der Waals surface area (Å²) in [5.74, 6) is -0.496. The minimum atomic E-state index is -4.51. The third-order valence-corrected chi connectivity index (χ3v) is 7.33. The Bertz CT molecular complexity index is 1180. The van der Waals surface area contributed by atoms with Gasteiger partial charge in [-0.1, -0.05) is 11.6 Å². The Morgan fingerprint density at radius 3 is 2.75 bits per heavy atom. The number of ether oxygens (including phenoxy) is 1. The Labute approximate surface area is 204 Å². The number of halogens is 5. The molecule has 0 fully saturated rings. The Balaban J connectivity index is 1.55. The summed E-state index contributed by atoms with van der Waals surface area (Å²) in [6, 6.07) is 5.37. The van der Waals surface area contributed by atoms with Crippen molar-refractivity contribution in [2.75, 3.05) is 19.0 Å². The minimum Gasteiger partial charge on any atom is -0.465 e. The van der Waals surface area contributed by atoms with E-state index in [2.05, 4.69) is 31.7 Å². The van der Waals surface area contributed by atoms with Crippen LogP contribution in [0.25, 0.3) is 10.1 Å². The first-order valence-corrected chi connectivity index (χ1v) is 11.6. The van der Waals surface area contributed by atoms with Gasteiger partial charge in [0.25, 0.3) is 0 Å². The second-order valence-electron chi connectivity index (χ2n) is 6.65. The van der Waals surface area contributed by atoms with Crippen molar-refractivity contribution < 1.29 is 22.7 Å². The molecule has 0 aliphatic heterocycles. The van der Waals surface area contributed by atoms with Crippen LogP contribution in [-0.2, 0) is 17.5 Å². The molecular weight excluding hydrogens is 553 g/mol. The summed E-state index contributed by atoms with van der Waals surface area (Å²) in [5, 5.41) is 11.1. The number of anilines is 1. The van der Waals surface area contributed by atoms with Crippen LogP contribution in [0.1, 0.15) is 27.5 Å². The van der Waals surface area contributed by atoms with E-state index in [0.29, 0.717) is 45.9 Å². The van der Waals surface area contributed by atoms with Crippen LogP contribution in [0, 0.1) is 6.92 Å². The maximum Gasteiger partial charge on any atom is 0.436 e. The summed E-state index contributed by atoms with van der Waals surface area (Å²) in [5.41, 5.74) is 0.179. The number of carbonyl (C=O) groups is 1. The number of alkyl halides is 3. The number of thiophene rings is 1. The number of esters is 1. The zero-order chi connectivity index (χ0) is 23.6. The standard InChI is InChI=1S/C19H17BrClF3N4O2S2/c1-9-13(20)16(19(22,23)24)27-28(9)7-3-6-25-18(31)26-10-4-5-11-12(8-10)32-15(14(11)21)17(29)30-2/h4-5,8H,3,6-7H2,1-2H3,(H2,25,26,31). The van der Waals surface area contributed by atoms with E-state index in [1.807, 2.05) is 6.07 Å². The van der Waals surface area contributed by atoms with Gasteiger partial charge in [0.05, 0.1) is 22.3 Å². The summed E-state index contributed by atoms with van der Waals surface area (Å²) in [7, 11) is 1.29. The molecule has 172 valence electrons. The first-order chi connectivity index (χ1) is 15.0. The predicted octanol–water partition coefficient (Wildman–Crippen LogP) is 6.00. The maximum absolute atomic E-state index is 12.9.